The first-order chi connectivity index (χ1) is 11.3. The second-order valence-electron chi connectivity index (χ2n) is 7.11. The molecule has 1 aliphatic heterocycles. The Balaban J connectivity index is 1.46. The summed E-state index contributed by atoms with van der Waals surface area (Å²) in [5.74, 6) is 3.02. The molecular weight excluding hydrogens is 292 g/mol. The van der Waals surface area contributed by atoms with Crippen molar-refractivity contribution in [1.82, 2.24) is 19.9 Å². The van der Waals surface area contributed by atoms with E-state index in [1.807, 2.05) is 0 Å². The van der Waals surface area contributed by atoms with Crippen LogP contribution < -0.4 is 11.1 Å². The highest BCUT2D eigenvalue weighted by molar-refractivity contribution is 5.83. The van der Waals surface area contributed by atoms with Crippen LogP contribution in [-0.2, 0) is 4.74 Å². The number of anilines is 2. The summed E-state index contributed by atoms with van der Waals surface area (Å²) >= 11 is 0. The van der Waals surface area contributed by atoms with Crippen LogP contribution in [0, 0.1) is 17.8 Å². The summed E-state index contributed by atoms with van der Waals surface area (Å²) in [5, 5.41) is 3.66. The van der Waals surface area contributed by atoms with Gasteiger partial charge in [-0.25, -0.2) is 4.98 Å². The number of hydrogen-bond acceptors (Lipinski definition) is 6. The summed E-state index contributed by atoms with van der Waals surface area (Å²) in [6.07, 6.45) is 8.60. The van der Waals surface area contributed by atoms with Gasteiger partial charge in [-0.05, 0) is 12.3 Å². The molecule has 0 aromatic carbocycles. The molecule has 2 aliphatic carbocycles. The van der Waals surface area contributed by atoms with Gasteiger partial charge < -0.3 is 20.8 Å². The van der Waals surface area contributed by atoms with Gasteiger partial charge in [0.2, 0.25) is 5.95 Å². The van der Waals surface area contributed by atoms with E-state index >= 15 is 0 Å². The molecule has 7 heteroatoms. The molecule has 3 heterocycles. The van der Waals surface area contributed by atoms with E-state index in [0.29, 0.717) is 29.6 Å². The highest BCUT2D eigenvalue weighted by Crippen LogP contribution is 2.52. The van der Waals surface area contributed by atoms with E-state index in [1.165, 1.54) is 25.7 Å². The van der Waals surface area contributed by atoms with Crippen LogP contribution in [0.1, 0.15) is 32.1 Å². The third-order valence-electron chi connectivity index (χ3n) is 5.99. The van der Waals surface area contributed by atoms with Crippen LogP contribution >= 0.6 is 0 Å². The largest absolute Gasteiger partial charge is 0.377 e. The van der Waals surface area contributed by atoms with E-state index in [0.717, 1.165) is 30.3 Å². The van der Waals surface area contributed by atoms with Gasteiger partial charge in [0.05, 0.1) is 12.4 Å². The molecule has 122 valence electrons. The number of rotatable bonds is 3. The van der Waals surface area contributed by atoms with Crippen LogP contribution in [0.5, 0.6) is 0 Å². The molecule has 2 saturated carbocycles. The third kappa shape index (κ3) is 2.02. The summed E-state index contributed by atoms with van der Waals surface area (Å²) in [6, 6.07) is 0.423. The van der Waals surface area contributed by atoms with Crippen LogP contribution in [0.4, 0.5) is 11.8 Å². The van der Waals surface area contributed by atoms with Gasteiger partial charge in [-0.2, -0.15) is 9.97 Å². The maximum absolute atomic E-state index is 6.02. The zero-order valence-corrected chi connectivity index (χ0v) is 13.0. The number of hydrogen-bond donors (Lipinski definition) is 3. The van der Waals surface area contributed by atoms with Gasteiger partial charge in [0, 0.05) is 24.5 Å². The molecule has 0 spiro atoms. The van der Waals surface area contributed by atoms with E-state index in [-0.39, 0.29) is 5.95 Å². The van der Waals surface area contributed by atoms with Crippen molar-refractivity contribution in [2.45, 2.75) is 44.2 Å². The van der Waals surface area contributed by atoms with Gasteiger partial charge in [0.1, 0.15) is 5.52 Å². The monoisotopic (exact) mass is 314 g/mol. The lowest BCUT2D eigenvalue weighted by Gasteiger charge is -2.51. The summed E-state index contributed by atoms with van der Waals surface area (Å²) in [6.45, 7) is 0.891. The molecule has 7 nitrogen and oxygen atoms in total. The summed E-state index contributed by atoms with van der Waals surface area (Å²) in [5.41, 5.74) is 7.30. The van der Waals surface area contributed by atoms with Gasteiger partial charge in [-0.15, -0.1) is 0 Å². The Hall–Kier alpha value is -1.89. The molecule has 1 saturated heterocycles. The molecule has 2 aromatic heterocycles. The van der Waals surface area contributed by atoms with Crippen molar-refractivity contribution in [2.24, 2.45) is 17.8 Å². The molecule has 4 atom stereocenters. The number of aromatic nitrogens is 4. The molecule has 3 fully saturated rings. The van der Waals surface area contributed by atoms with Crippen LogP contribution in [-0.4, -0.2) is 38.7 Å². The first-order valence-corrected chi connectivity index (χ1v) is 8.66. The molecule has 0 amide bonds. The quantitative estimate of drug-likeness (QED) is 0.800. The van der Waals surface area contributed by atoms with Crippen molar-refractivity contribution in [1.29, 1.82) is 0 Å². The highest BCUT2D eigenvalue weighted by Gasteiger charge is 2.56. The number of nitrogens with two attached hydrogens (primary N) is 1. The Labute approximate surface area is 134 Å². The summed E-state index contributed by atoms with van der Waals surface area (Å²) in [7, 11) is 0. The summed E-state index contributed by atoms with van der Waals surface area (Å²) in [4.78, 5) is 15.9. The minimum Gasteiger partial charge on any atom is -0.377 e. The van der Waals surface area contributed by atoms with Crippen molar-refractivity contribution in [2.75, 3.05) is 17.7 Å². The van der Waals surface area contributed by atoms with Gasteiger partial charge in [-0.1, -0.05) is 25.7 Å². The zero-order chi connectivity index (χ0) is 15.4. The fourth-order valence-electron chi connectivity index (χ4n) is 4.97. The molecule has 3 aliphatic rings. The minimum absolute atomic E-state index is 0.267. The topological polar surface area (TPSA) is 102 Å². The van der Waals surface area contributed by atoms with Crippen LogP contribution in [0.3, 0.4) is 0 Å². The summed E-state index contributed by atoms with van der Waals surface area (Å²) < 4.78 is 6.02. The maximum atomic E-state index is 6.02. The van der Waals surface area contributed by atoms with Crippen molar-refractivity contribution in [3.8, 4) is 0 Å². The molecule has 2 aromatic rings. The van der Waals surface area contributed by atoms with E-state index in [1.54, 1.807) is 6.33 Å². The number of imidazole rings is 1. The number of aromatic amines is 1. The van der Waals surface area contributed by atoms with E-state index < -0.39 is 0 Å². The Kier molecular flexibility index (Phi) is 2.98. The minimum atomic E-state index is 0.267. The van der Waals surface area contributed by atoms with Gasteiger partial charge >= 0.3 is 0 Å². The van der Waals surface area contributed by atoms with Crippen molar-refractivity contribution < 1.29 is 4.74 Å². The molecular formula is C16H22N6O. The smallest absolute Gasteiger partial charge is 0.224 e. The standard InChI is InChI=1S/C16H22N6O/c17-16-21-14-12(18-7-19-14)15(22-16)20-11-9-5-6-23-13(9)10(11)8-3-1-2-4-8/h7-11,13H,1-6H2,(H4,17,18,19,20,21,22)/t9-,10+,11-,13-/m0/s1. The lowest BCUT2D eigenvalue weighted by atomic mass is 9.61. The molecule has 5 rings (SSSR count). The first-order valence-electron chi connectivity index (χ1n) is 8.66. The van der Waals surface area contributed by atoms with Crippen molar-refractivity contribution in [3.05, 3.63) is 6.33 Å². The predicted octanol–water partition coefficient (Wildman–Crippen LogP) is 1.94. The number of nitrogens with one attached hydrogen (secondary N) is 2. The number of ether oxygens (including phenoxy) is 1. The Morgan fingerprint density at radius 2 is 2.09 bits per heavy atom. The van der Waals surface area contributed by atoms with Crippen LogP contribution in [0.2, 0.25) is 0 Å². The highest BCUT2D eigenvalue weighted by atomic mass is 16.5. The van der Waals surface area contributed by atoms with Crippen molar-refractivity contribution in [3.63, 3.8) is 0 Å². The van der Waals surface area contributed by atoms with Crippen molar-refractivity contribution >= 4 is 22.9 Å². The van der Waals surface area contributed by atoms with Gasteiger partial charge in [0.15, 0.2) is 11.5 Å². The van der Waals surface area contributed by atoms with Crippen LogP contribution in [0.25, 0.3) is 11.2 Å². The fraction of sp³-hybridized carbons (Fsp3) is 0.688. The van der Waals surface area contributed by atoms with E-state index in [9.17, 15) is 0 Å². The second kappa shape index (κ2) is 5.06. The molecule has 0 radical (unpaired) electrons. The lowest BCUT2D eigenvalue weighted by Crippen LogP contribution is -2.59. The first kappa shape index (κ1) is 13.5. The lowest BCUT2D eigenvalue weighted by molar-refractivity contribution is -0.0629. The normalized spacial score (nSPS) is 33.7. The molecule has 0 unspecified atom stereocenters. The van der Waals surface area contributed by atoms with E-state index in [4.69, 9.17) is 10.5 Å². The Morgan fingerprint density at radius 1 is 1.22 bits per heavy atom. The van der Waals surface area contributed by atoms with E-state index in [2.05, 4.69) is 25.3 Å². The second-order valence-corrected chi connectivity index (χ2v) is 7.11. The average Bonchev–Trinajstić information content (AvgIpc) is 3.25. The van der Waals surface area contributed by atoms with Crippen LogP contribution in [0.15, 0.2) is 6.33 Å². The fourth-order valence-corrected chi connectivity index (χ4v) is 4.97. The maximum Gasteiger partial charge on any atom is 0.224 e. The SMILES string of the molecule is Nc1nc(N[C@H]2[C@@H]3CCO[C@@H]3[C@@H]2C2CCCC2)c2[nH]cnc2n1. The van der Waals surface area contributed by atoms with Gasteiger partial charge in [-0.3, -0.25) is 0 Å². The molecule has 4 N–H and O–H groups in total. The Bertz CT molecular complexity index is 720. The zero-order valence-electron chi connectivity index (χ0n) is 13.0. The number of fused-ring (bicyclic) bond motifs is 2. The van der Waals surface area contributed by atoms with Gasteiger partial charge in [0.25, 0.3) is 0 Å². The molecule has 23 heavy (non-hydrogen) atoms. The third-order valence-corrected chi connectivity index (χ3v) is 5.99. The average molecular weight is 314 g/mol. The number of nitrogen functional groups attached to an aromatic ring is 1. The molecule has 0 bridgehead atoms. The number of nitrogens with zero attached hydrogens (tertiary/aromatic N) is 3. The predicted molar refractivity (Wildman–Crippen MR) is 86.8 cm³/mol. The number of H-pyrrole nitrogens is 1. The Morgan fingerprint density at radius 3 is 2.96 bits per heavy atom.